The minimum Gasteiger partial charge on any atom is -0.512 e. The van der Waals surface area contributed by atoms with E-state index in [1.165, 1.54) is 0 Å². The van der Waals surface area contributed by atoms with E-state index in [0.29, 0.717) is 43.2 Å². The summed E-state index contributed by atoms with van der Waals surface area (Å²) in [5, 5.41) is 26.5. The van der Waals surface area contributed by atoms with Gasteiger partial charge in [0.2, 0.25) is 0 Å². The van der Waals surface area contributed by atoms with Gasteiger partial charge >= 0.3 is 5.97 Å². The highest BCUT2D eigenvalue weighted by Gasteiger charge is 2.48. The van der Waals surface area contributed by atoms with Crippen LogP contribution < -0.4 is 4.74 Å². The summed E-state index contributed by atoms with van der Waals surface area (Å²) in [6, 6.07) is 3.95. The molecule has 2 aliphatic heterocycles. The predicted molar refractivity (Wildman–Crippen MR) is 144 cm³/mol. The van der Waals surface area contributed by atoms with E-state index in [9.17, 15) is 15.0 Å². The largest absolute Gasteiger partial charge is 0.512 e. The number of hydrogen-bond acceptors (Lipinski definition) is 8. The molecule has 1 atom stereocenters. The summed E-state index contributed by atoms with van der Waals surface area (Å²) in [4.78, 5) is 22.4. The molecule has 6 rings (SSSR count). The van der Waals surface area contributed by atoms with Gasteiger partial charge in [0.05, 0.1) is 12.2 Å². The van der Waals surface area contributed by atoms with Gasteiger partial charge in [-0.3, -0.25) is 0 Å². The molecule has 1 saturated carbocycles. The first-order valence-corrected chi connectivity index (χ1v) is 14.1. The second kappa shape index (κ2) is 9.84. The fraction of sp³-hybridized carbons (Fsp3) is 0.533. The number of esters is 1. The minimum absolute atomic E-state index is 0.0688. The Hall–Kier alpha value is -3.62. The maximum absolute atomic E-state index is 13.5. The molecule has 1 fully saturated rings. The molecule has 0 radical (unpaired) electrons. The highest BCUT2D eigenvalue weighted by molar-refractivity contribution is 5.90. The number of aliphatic hydroxyl groups is 1. The zero-order chi connectivity index (χ0) is 27.3. The normalized spacial score (nSPS) is 21.5. The van der Waals surface area contributed by atoms with Crippen molar-refractivity contribution in [1.82, 2.24) is 19.6 Å². The molecule has 0 saturated heterocycles. The van der Waals surface area contributed by atoms with E-state index >= 15 is 0 Å². The molecule has 3 aromatic rings. The lowest BCUT2D eigenvalue weighted by Gasteiger charge is -2.42. The first-order chi connectivity index (χ1) is 18.8. The van der Waals surface area contributed by atoms with Crippen molar-refractivity contribution in [3.8, 4) is 11.5 Å². The SMILES string of the molecule is CCc1cc(CCC2(C3CCCC3)CC(O)=C(Cc3nc4nc(C)cc(C)n4n3)C(=O)O2)c2c(c1O)CCO2. The van der Waals surface area contributed by atoms with Crippen molar-refractivity contribution in [1.29, 1.82) is 0 Å². The second-order valence-electron chi connectivity index (χ2n) is 11.3. The maximum Gasteiger partial charge on any atom is 0.338 e. The van der Waals surface area contributed by atoms with Crippen LogP contribution in [0.25, 0.3) is 5.78 Å². The number of rotatable bonds is 7. The van der Waals surface area contributed by atoms with Crippen LogP contribution in [0.1, 0.15) is 79.4 Å². The van der Waals surface area contributed by atoms with Crippen LogP contribution in [0.15, 0.2) is 23.5 Å². The number of benzene rings is 1. The van der Waals surface area contributed by atoms with E-state index in [4.69, 9.17) is 9.47 Å². The molecule has 9 heteroatoms. The van der Waals surface area contributed by atoms with Crippen molar-refractivity contribution in [3.63, 3.8) is 0 Å². The van der Waals surface area contributed by atoms with Gasteiger partial charge in [-0.2, -0.15) is 4.98 Å². The fourth-order valence-corrected chi connectivity index (χ4v) is 6.74. The Morgan fingerprint density at radius 3 is 2.67 bits per heavy atom. The molecule has 1 aromatic carbocycles. The van der Waals surface area contributed by atoms with E-state index in [1.54, 1.807) is 4.52 Å². The summed E-state index contributed by atoms with van der Waals surface area (Å²) >= 11 is 0. The lowest BCUT2D eigenvalue weighted by atomic mass is 9.76. The number of fused-ring (bicyclic) bond motifs is 2. The number of aryl methyl sites for hydroxylation is 4. The summed E-state index contributed by atoms with van der Waals surface area (Å²) in [6.45, 7) is 6.42. The molecule has 3 aliphatic rings. The molecule has 1 aliphatic carbocycles. The van der Waals surface area contributed by atoms with Crippen LogP contribution >= 0.6 is 0 Å². The van der Waals surface area contributed by atoms with Crippen molar-refractivity contribution in [2.45, 2.75) is 90.6 Å². The lowest BCUT2D eigenvalue weighted by Crippen LogP contribution is -2.46. The number of aromatic nitrogens is 4. The third-order valence-electron chi connectivity index (χ3n) is 8.75. The Kier molecular flexibility index (Phi) is 6.47. The van der Waals surface area contributed by atoms with E-state index in [0.717, 1.165) is 65.9 Å². The summed E-state index contributed by atoms with van der Waals surface area (Å²) in [7, 11) is 0. The number of ether oxygens (including phenoxy) is 2. The number of nitrogens with zero attached hydrogens (tertiary/aromatic N) is 4. The van der Waals surface area contributed by atoms with E-state index in [-0.39, 0.29) is 30.1 Å². The van der Waals surface area contributed by atoms with Crippen molar-refractivity contribution in [2.24, 2.45) is 5.92 Å². The van der Waals surface area contributed by atoms with Gasteiger partial charge in [0, 0.05) is 36.2 Å². The van der Waals surface area contributed by atoms with Gasteiger partial charge in [-0.1, -0.05) is 19.8 Å². The minimum atomic E-state index is -0.779. The van der Waals surface area contributed by atoms with Crippen molar-refractivity contribution in [2.75, 3.05) is 6.61 Å². The lowest BCUT2D eigenvalue weighted by molar-refractivity contribution is -0.167. The van der Waals surface area contributed by atoms with Crippen LogP contribution in [0.4, 0.5) is 0 Å². The first-order valence-electron chi connectivity index (χ1n) is 14.1. The van der Waals surface area contributed by atoms with Gasteiger partial charge in [-0.15, -0.1) is 5.10 Å². The molecule has 4 heterocycles. The maximum atomic E-state index is 13.5. The van der Waals surface area contributed by atoms with Gasteiger partial charge in [0.25, 0.3) is 5.78 Å². The molecule has 0 bridgehead atoms. The van der Waals surface area contributed by atoms with E-state index in [2.05, 4.69) is 15.1 Å². The molecule has 9 nitrogen and oxygen atoms in total. The second-order valence-corrected chi connectivity index (χ2v) is 11.3. The van der Waals surface area contributed by atoms with Gasteiger partial charge in [-0.25, -0.2) is 14.3 Å². The van der Waals surface area contributed by atoms with Crippen molar-refractivity contribution >= 4 is 11.7 Å². The summed E-state index contributed by atoms with van der Waals surface area (Å²) < 4.78 is 13.9. The van der Waals surface area contributed by atoms with E-state index in [1.807, 2.05) is 32.9 Å². The number of phenolic OH excluding ortho intramolecular Hbond substituents is 1. The van der Waals surface area contributed by atoms with Crippen molar-refractivity contribution in [3.05, 3.63) is 57.4 Å². The average molecular weight is 533 g/mol. The number of aliphatic hydroxyl groups excluding tert-OH is 1. The third kappa shape index (κ3) is 4.51. The highest BCUT2D eigenvalue weighted by Crippen LogP contribution is 2.47. The molecular formula is C30H36N4O5. The summed E-state index contributed by atoms with van der Waals surface area (Å²) in [6.07, 6.45) is 7.15. The van der Waals surface area contributed by atoms with Crippen LogP contribution in [0.5, 0.6) is 11.5 Å². The van der Waals surface area contributed by atoms with Gasteiger partial charge in [-0.05, 0) is 75.1 Å². The quantitative estimate of drug-likeness (QED) is 0.416. The topological polar surface area (TPSA) is 119 Å². The molecule has 206 valence electrons. The number of hydrogen-bond donors (Lipinski definition) is 2. The molecule has 0 spiro atoms. The Morgan fingerprint density at radius 2 is 1.92 bits per heavy atom. The van der Waals surface area contributed by atoms with Crippen molar-refractivity contribution < 1.29 is 24.5 Å². The van der Waals surface area contributed by atoms with Crippen LogP contribution in [0.3, 0.4) is 0 Å². The Bertz CT molecular complexity index is 1490. The molecule has 2 aromatic heterocycles. The zero-order valence-corrected chi connectivity index (χ0v) is 22.9. The molecule has 1 unspecified atom stereocenters. The van der Waals surface area contributed by atoms with Gasteiger partial charge < -0.3 is 19.7 Å². The number of carbonyl (C=O) groups excluding carboxylic acids is 1. The number of phenols is 1. The Balaban J connectivity index is 1.29. The van der Waals surface area contributed by atoms with Crippen LogP contribution in [-0.2, 0) is 35.2 Å². The average Bonchev–Trinajstić information content (AvgIpc) is 3.67. The standard InChI is InChI=1S/C30H36N4O5/c1-4-19-14-20(27-22(26(19)36)10-12-38-27)9-11-30(21-7-5-6-8-21)16-24(35)23(28(37)39-30)15-25-32-29-31-17(2)13-18(3)34(29)33-25/h13-14,21,35-36H,4-12,15-16H2,1-3H3. The van der Waals surface area contributed by atoms with Gasteiger partial charge in [0.15, 0.2) is 5.82 Å². The van der Waals surface area contributed by atoms with Crippen LogP contribution in [0, 0.1) is 19.8 Å². The zero-order valence-electron chi connectivity index (χ0n) is 22.9. The molecular weight excluding hydrogens is 496 g/mol. The number of aromatic hydroxyl groups is 1. The predicted octanol–water partition coefficient (Wildman–Crippen LogP) is 4.81. The third-order valence-corrected chi connectivity index (χ3v) is 8.75. The molecule has 39 heavy (non-hydrogen) atoms. The first kappa shape index (κ1) is 25.6. The molecule has 2 N–H and O–H groups in total. The summed E-state index contributed by atoms with van der Waals surface area (Å²) in [5.74, 6) is 1.77. The Morgan fingerprint density at radius 1 is 1.13 bits per heavy atom. The van der Waals surface area contributed by atoms with Crippen LogP contribution in [0.2, 0.25) is 0 Å². The smallest absolute Gasteiger partial charge is 0.338 e. The monoisotopic (exact) mass is 532 g/mol. The Labute approximate surface area is 227 Å². The van der Waals surface area contributed by atoms with E-state index < -0.39 is 11.6 Å². The van der Waals surface area contributed by atoms with Crippen LogP contribution in [-0.4, -0.2) is 48.0 Å². The number of carbonyl (C=O) groups is 1. The highest BCUT2D eigenvalue weighted by atomic mass is 16.6. The van der Waals surface area contributed by atoms with Gasteiger partial charge in [0.1, 0.15) is 22.9 Å². The summed E-state index contributed by atoms with van der Waals surface area (Å²) in [5.41, 5.74) is 4.01. The fourth-order valence-electron chi connectivity index (χ4n) is 6.74. The molecule has 0 amide bonds. The number of cyclic esters (lactones) is 1.